The summed E-state index contributed by atoms with van der Waals surface area (Å²) in [4.78, 5) is 1.55. The zero-order valence-electron chi connectivity index (χ0n) is 17.1. The first-order chi connectivity index (χ1) is 12.6. The van der Waals surface area contributed by atoms with E-state index >= 15 is 0 Å². The Bertz CT molecular complexity index is 715. The van der Waals surface area contributed by atoms with Gasteiger partial charge in [0.05, 0.1) is 0 Å². The van der Waals surface area contributed by atoms with Gasteiger partial charge < -0.3 is 0 Å². The minimum absolute atomic E-state index is 0.679. The van der Waals surface area contributed by atoms with E-state index in [9.17, 15) is 0 Å². The maximum absolute atomic E-state index is 3.36. The lowest BCUT2D eigenvalue weighted by molar-refractivity contribution is 0.651. The quantitative estimate of drug-likeness (QED) is 0.445. The van der Waals surface area contributed by atoms with E-state index in [1.165, 1.54) is 35.1 Å². The summed E-state index contributed by atoms with van der Waals surface area (Å²) >= 11 is 1.91. The van der Waals surface area contributed by atoms with Gasteiger partial charge in [0.2, 0.25) is 0 Å². The van der Waals surface area contributed by atoms with E-state index in [0.717, 1.165) is 6.42 Å². The lowest BCUT2D eigenvalue weighted by Crippen LogP contribution is -1.92. The van der Waals surface area contributed by atoms with Crippen molar-refractivity contribution in [1.82, 2.24) is 0 Å². The van der Waals surface area contributed by atoms with Crippen LogP contribution in [0.25, 0.3) is 11.6 Å². The van der Waals surface area contributed by atoms with Crippen LogP contribution in [0.1, 0.15) is 62.1 Å². The molecule has 140 valence electrons. The maximum atomic E-state index is 3.36. The molecule has 2 aromatic rings. The highest BCUT2D eigenvalue weighted by atomic mass is 32.1. The van der Waals surface area contributed by atoms with Crippen molar-refractivity contribution < 1.29 is 0 Å². The number of aryl methyl sites for hydroxylation is 2. The number of benzene rings is 1. The number of thiophene rings is 1. The summed E-state index contributed by atoms with van der Waals surface area (Å²) in [6.07, 6.45) is 12.3. The van der Waals surface area contributed by atoms with Crippen molar-refractivity contribution >= 4 is 23.0 Å². The van der Waals surface area contributed by atoms with Crippen LogP contribution in [0.5, 0.6) is 0 Å². The van der Waals surface area contributed by atoms with Crippen LogP contribution in [0.15, 0.2) is 60.5 Å². The Morgan fingerprint density at radius 3 is 2.62 bits per heavy atom. The van der Waals surface area contributed by atoms with Gasteiger partial charge in [-0.3, -0.25) is 0 Å². The summed E-state index contributed by atoms with van der Waals surface area (Å²) in [6, 6.07) is 11.1. The maximum Gasteiger partial charge on any atom is 0.0121 e. The second-order valence-electron chi connectivity index (χ2n) is 6.40. The highest BCUT2D eigenvalue weighted by Crippen LogP contribution is 2.32. The Morgan fingerprint density at radius 2 is 1.92 bits per heavy atom. The first kappa shape index (κ1) is 22.2. The molecule has 1 heteroatoms. The van der Waals surface area contributed by atoms with Crippen LogP contribution < -0.4 is 0 Å². The first-order valence-electron chi connectivity index (χ1n) is 9.71. The van der Waals surface area contributed by atoms with Gasteiger partial charge in [0, 0.05) is 4.88 Å². The van der Waals surface area contributed by atoms with Gasteiger partial charge in [-0.15, -0.1) is 17.9 Å². The molecule has 0 fully saturated rings. The third kappa shape index (κ3) is 7.17. The van der Waals surface area contributed by atoms with E-state index in [0.29, 0.717) is 5.92 Å². The minimum atomic E-state index is 0.679. The second kappa shape index (κ2) is 12.5. The van der Waals surface area contributed by atoms with Crippen molar-refractivity contribution in [1.29, 1.82) is 0 Å². The predicted molar refractivity (Wildman–Crippen MR) is 122 cm³/mol. The molecule has 0 saturated carbocycles. The van der Waals surface area contributed by atoms with Gasteiger partial charge in [-0.1, -0.05) is 74.9 Å². The molecular formula is C25H34S. The average molecular weight is 367 g/mol. The van der Waals surface area contributed by atoms with Crippen LogP contribution in [-0.4, -0.2) is 0 Å². The van der Waals surface area contributed by atoms with E-state index in [1.54, 1.807) is 11.0 Å². The molecule has 0 amide bonds. The SMILES string of the molecule is C=CC.CC.Cc1cccc(/C=C2\C/C=C\C(C)CCc3sccc32)c1. The molecule has 0 radical (unpaired) electrons. The fraction of sp³-hybridized carbons (Fsp3) is 0.360. The fourth-order valence-electron chi connectivity index (χ4n) is 2.91. The number of fused-ring (bicyclic) bond motifs is 1. The van der Waals surface area contributed by atoms with Gasteiger partial charge in [-0.05, 0) is 67.2 Å². The van der Waals surface area contributed by atoms with Crippen molar-refractivity contribution in [2.75, 3.05) is 0 Å². The lowest BCUT2D eigenvalue weighted by Gasteiger charge is -2.07. The van der Waals surface area contributed by atoms with Gasteiger partial charge in [0.25, 0.3) is 0 Å². The molecular weight excluding hydrogens is 332 g/mol. The third-order valence-electron chi connectivity index (χ3n) is 4.10. The van der Waals surface area contributed by atoms with Crippen molar-refractivity contribution in [3.8, 4) is 0 Å². The molecule has 1 aliphatic rings. The molecule has 1 aromatic carbocycles. The largest absolute Gasteiger partial charge is 0.148 e. The summed E-state index contributed by atoms with van der Waals surface area (Å²) in [5.74, 6) is 0.679. The summed E-state index contributed by atoms with van der Waals surface area (Å²) < 4.78 is 0. The Labute approximate surface area is 165 Å². The second-order valence-corrected chi connectivity index (χ2v) is 7.40. The molecule has 1 atom stereocenters. The molecule has 0 N–H and O–H groups in total. The average Bonchev–Trinajstić information content (AvgIpc) is 3.11. The van der Waals surface area contributed by atoms with E-state index in [4.69, 9.17) is 0 Å². The van der Waals surface area contributed by atoms with E-state index in [-0.39, 0.29) is 0 Å². The van der Waals surface area contributed by atoms with Crippen molar-refractivity contribution in [2.24, 2.45) is 5.92 Å². The zero-order valence-corrected chi connectivity index (χ0v) is 17.9. The molecule has 0 bridgehead atoms. The van der Waals surface area contributed by atoms with E-state index in [2.05, 4.69) is 74.4 Å². The van der Waals surface area contributed by atoms with Crippen LogP contribution in [0.2, 0.25) is 0 Å². The molecule has 1 aromatic heterocycles. The molecule has 0 aliphatic heterocycles. The predicted octanol–water partition coefficient (Wildman–Crippen LogP) is 8.34. The van der Waals surface area contributed by atoms with Crippen molar-refractivity contribution in [3.63, 3.8) is 0 Å². The number of rotatable bonds is 1. The molecule has 0 saturated heterocycles. The van der Waals surface area contributed by atoms with E-state index < -0.39 is 0 Å². The number of allylic oxidation sites excluding steroid dienone is 4. The van der Waals surface area contributed by atoms with Gasteiger partial charge in [0.1, 0.15) is 0 Å². The molecule has 3 rings (SSSR count). The Hall–Kier alpha value is -1.86. The Morgan fingerprint density at radius 1 is 1.19 bits per heavy atom. The van der Waals surface area contributed by atoms with E-state index in [1.807, 2.05) is 32.1 Å². The molecule has 1 unspecified atom stereocenters. The molecule has 1 aliphatic carbocycles. The number of hydrogen-bond donors (Lipinski definition) is 0. The normalized spacial score (nSPS) is 18.7. The summed E-state index contributed by atoms with van der Waals surface area (Å²) in [6.45, 7) is 13.7. The lowest BCUT2D eigenvalue weighted by atomic mass is 9.99. The fourth-order valence-corrected chi connectivity index (χ4v) is 3.84. The van der Waals surface area contributed by atoms with Crippen LogP contribution in [0.4, 0.5) is 0 Å². The molecule has 1 heterocycles. The zero-order chi connectivity index (χ0) is 19.4. The highest BCUT2D eigenvalue weighted by Gasteiger charge is 2.12. The van der Waals surface area contributed by atoms with Crippen LogP contribution in [-0.2, 0) is 6.42 Å². The molecule has 0 spiro atoms. The summed E-state index contributed by atoms with van der Waals surface area (Å²) in [5.41, 5.74) is 5.53. The van der Waals surface area contributed by atoms with Crippen LogP contribution in [0, 0.1) is 12.8 Å². The van der Waals surface area contributed by atoms with Crippen molar-refractivity contribution in [2.45, 2.75) is 53.9 Å². The molecule has 26 heavy (non-hydrogen) atoms. The van der Waals surface area contributed by atoms with Crippen molar-refractivity contribution in [3.05, 3.63) is 82.1 Å². The molecule has 0 nitrogen and oxygen atoms in total. The minimum Gasteiger partial charge on any atom is -0.148 e. The Kier molecular flexibility index (Phi) is 10.7. The summed E-state index contributed by atoms with van der Waals surface area (Å²) in [5, 5.41) is 2.24. The highest BCUT2D eigenvalue weighted by molar-refractivity contribution is 7.10. The summed E-state index contributed by atoms with van der Waals surface area (Å²) in [7, 11) is 0. The topological polar surface area (TPSA) is 0 Å². The van der Waals surface area contributed by atoms with Gasteiger partial charge >= 0.3 is 0 Å². The first-order valence-corrected chi connectivity index (χ1v) is 10.6. The van der Waals surface area contributed by atoms with Gasteiger partial charge in [0.15, 0.2) is 0 Å². The van der Waals surface area contributed by atoms with Crippen LogP contribution >= 0.6 is 11.3 Å². The van der Waals surface area contributed by atoms with Gasteiger partial charge in [-0.2, -0.15) is 0 Å². The smallest absolute Gasteiger partial charge is 0.0121 e. The number of hydrogen-bond acceptors (Lipinski definition) is 1. The van der Waals surface area contributed by atoms with Gasteiger partial charge in [-0.25, -0.2) is 0 Å². The Balaban J connectivity index is 0.000000615. The standard InChI is InChI=1S/C20H22S.C3H6.C2H6/c1-15-5-4-8-18(14-17-7-3-6-16(2)13-17)19-11-12-21-20(19)10-9-15;1-3-2;1-2/h3-7,11-15H,8-10H2,1-2H3;3H,1H2,2H3;1-2H3/b5-4-,18-14+;;. The third-order valence-corrected chi connectivity index (χ3v) is 5.08. The van der Waals surface area contributed by atoms with Crippen LogP contribution in [0.3, 0.4) is 0 Å². The monoisotopic (exact) mass is 366 g/mol.